The van der Waals surface area contributed by atoms with Gasteiger partial charge in [0.2, 0.25) is 0 Å². The smallest absolute Gasteiger partial charge is 0.305 e. The fourth-order valence-electron chi connectivity index (χ4n) is 5.14. The Kier molecular flexibility index (Phi) is 7.26. The molecule has 1 aliphatic rings. The number of aromatic amines is 1. The molecule has 6 heteroatoms. The third kappa shape index (κ3) is 5.47. The number of hydrogen-bond acceptors (Lipinski definition) is 5. The maximum atomic E-state index is 11.4. The van der Waals surface area contributed by atoms with Crippen LogP contribution in [0, 0.1) is 0 Å². The summed E-state index contributed by atoms with van der Waals surface area (Å²) in [5.41, 5.74) is 4.94. The number of nitrogens with one attached hydrogen (secondary N) is 2. The number of para-hydroxylation sites is 1. The molecule has 1 aliphatic carbocycles. The highest BCUT2D eigenvalue weighted by Crippen LogP contribution is 2.34. The lowest BCUT2D eigenvalue weighted by molar-refractivity contribution is -0.140. The summed E-state index contributed by atoms with van der Waals surface area (Å²) in [4.78, 5) is 25.2. The molecule has 2 heterocycles. The van der Waals surface area contributed by atoms with Crippen LogP contribution >= 0.6 is 0 Å². The summed E-state index contributed by atoms with van der Waals surface area (Å²) in [6, 6.07) is 16.4. The third-order valence-corrected chi connectivity index (χ3v) is 7.15. The first-order chi connectivity index (χ1) is 17.2. The van der Waals surface area contributed by atoms with Crippen LogP contribution in [-0.2, 0) is 16.0 Å². The number of benzene rings is 2. The van der Waals surface area contributed by atoms with Gasteiger partial charge >= 0.3 is 5.97 Å². The third-order valence-electron chi connectivity index (χ3n) is 7.15. The molecule has 0 unspecified atom stereocenters. The van der Waals surface area contributed by atoms with Gasteiger partial charge in [-0.1, -0.05) is 68.9 Å². The Morgan fingerprint density at radius 2 is 1.69 bits per heavy atom. The first-order valence-corrected chi connectivity index (χ1v) is 12.9. The fraction of sp³-hybridized carbons (Fsp3) is 0.414. The van der Waals surface area contributed by atoms with Gasteiger partial charge in [0.15, 0.2) is 5.82 Å². The van der Waals surface area contributed by atoms with Gasteiger partial charge in [0.25, 0.3) is 0 Å². The number of aromatic nitrogens is 3. The van der Waals surface area contributed by atoms with Gasteiger partial charge in [-0.15, -0.1) is 0 Å². The summed E-state index contributed by atoms with van der Waals surface area (Å²) >= 11 is 0. The number of imidazole rings is 1. The van der Waals surface area contributed by atoms with Crippen molar-refractivity contribution in [1.82, 2.24) is 15.0 Å². The first-order valence-electron chi connectivity index (χ1n) is 12.9. The van der Waals surface area contributed by atoms with Gasteiger partial charge in [0.1, 0.15) is 16.9 Å². The van der Waals surface area contributed by atoms with Gasteiger partial charge in [0.05, 0.1) is 12.6 Å². The van der Waals surface area contributed by atoms with Crippen molar-refractivity contribution in [3.63, 3.8) is 0 Å². The van der Waals surface area contributed by atoms with Crippen molar-refractivity contribution in [3.05, 3.63) is 59.9 Å². The zero-order chi connectivity index (χ0) is 24.0. The minimum atomic E-state index is -0.190. The Labute approximate surface area is 206 Å². The van der Waals surface area contributed by atoms with Gasteiger partial charge in [-0.2, -0.15) is 0 Å². The predicted molar refractivity (Wildman–Crippen MR) is 141 cm³/mol. The number of anilines is 2. The van der Waals surface area contributed by atoms with Crippen LogP contribution < -0.4 is 5.32 Å². The van der Waals surface area contributed by atoms with Crippen molar-refractivity contribution in [2.75, 3.05) is 12.4 Å². The molecular weight excluding hydrogens is 436 g/mol. The highest BCUT2D eigenvalue weighted by molar-refractivity contribution is 6.07. The van der Waals surface area contributed by atoms with Crippen molar-refractivity contribution in [1.29, 1.82) is 0 Å². The molecule has 1 fully saturated rings. The number of aryl methyl sites for hydroxylation is 1. The average Bonchev–Trinajstić information content (AvgIpc) is 3.38. The molecule has 0 atom stereocenters. The Bertz CT molecular complexity index is 1290. The Hall–Kier alpha value is -3.41. The van der Waals surface area contributed by atoms with E-state index in [1.54, 1.807) is 0 Å². The van der Waals surface area contributed by atoms with Crippen LogP contribution in [0.1, 0.15) is 75.1 Å². The second-order valence-corrected chi connectivity index (χ2v) is 9.62. The van der Waals surface area contributed by atoms with Crippen molar-refractivity contribution in [2.24, 2.45) is 0 Å². The van der Waals surface area contributed by atoms with E-state index >= 15 is 0 Å². The minimum Gasteiger partial charge on any atom is -0.469 e. The Balaban J connectivity index is 1.45. The van der Waals surface area contributed by atoms with Crippen LogP contribution in [0.4, 0.5) is 11.5 Å². The zero-order valence-corrected chi connectivity index (χ0v) is 20.5. The SMILES string of the molecule is COC(=O)CCc1ccc(Nc2nc3ccccc3c3nc(C4CCCCCCCC4)[nH]c23)cc1. The predicted octanol–water partition coefficient (Wildman–Crippen LogP) is 7.18. The van der Waals surface area contributed by atoms with E-state index in [1.807, 2.05) is 36.4 Å². The van der Waals surface area contributed by atoms with Crippen molar-refractivity contribution < 1.29 is 9.53 Å². The van der Waals surface area contributed by atoms with E-state index in [1.165, 1.54) is 58.5 Å². The molecule has 2 N–H and O–H groups in total. The quantitative estimate of drug-likeness (QED) is 0.292. The lowest BCUT2D eigenvalue weighted by Gasteiger charge is -2.12. The number of methoxy groups -OCH3 is 1. The number of fused-ring (bicyclic) bond motifs is 3. The summed E-state index contributed by atoms with van der Waals surface area (Å²) < 4.78 is 4.75. The molecule has 2 aromatic carbocycles. The second kappa shape index (κ2) is 10.9. The zero-order valence-electron chi connectivity index (χ0n) is 20.5. The molecule has 4 aromatic rings. The number of rotatable bonds is 6. The van der Waals surface area contributed by atoms with E-state index in [0.717, 1.165) is 44.8 Å². The molecule has 5 rings (SSSR count). The van der Waals surface area contributed by atoms with Crippen LogP contribution in [0.25, 0.3) is 21.9 Å². The lowest BCUT2D eigenvalue weighted by atomic mass is 9.96. The molecule has 0 saturated heterocycles. The van der Waals surface area contributed by atoms with Gasteiger partial charge in [-0.25, -0.2) is 9.97 Å². The minimum absolute atomic E-state index is 0.190. The molecule has 1 saturated carbocycles. The standard InChI is InChI=1S/C29H34N4O2/c1-35-25(34)19-16-20-14-17-22(18-15-20)30-29-27-26(23-12-8-9-13-24(23)31-29)32-28(33-27)21-10-6-4-2-3-5-7-11-21/h8-9,12-15,17-18,21H,2-7,10-11,16,19H2,1H3,(H,30,31)(H,32,33). The van der Waals surface area contributed by atoms with Gasteiger partial charge in [0, 0.05) is 23.4 Å². The van der Waals surface area contributed by atoms with E-state index < -0.39 is 0 Å². The van der Waals surface area contributed by atoms with E-state index in [4.69, 9.17) is 14.7 Å². The van der Waals surface area contributed by atoms with Gasteiger partial charge in [-0.3, -0.25) is 4.79 Å². The largest absolute Gasteiger partial charge is 0.469 e. The first kappa shape index (κ1) is 23.3. The summed E-state index contributed by atoms with van der Waals surface area (Å²) in [5.74, 6) is 2.18. The van der Waals surface area contributed by atoms with Crippen molar-refractivity contribution in [2.45, 2.75) is 70.1 Å². The molecule has 182 valence electrons. The van der Waals surface area contributed by atoms with Crippen LogP contribution in [0.15, 0.2) is 48.5 Å². The molecule has 6 nitrogen and oxygen atoms in total. The maximum Gasteiger partial charge on any atom is 0.305 e. The van der Waals surface area contributed by atoms with Crippen molar-refractivity contribution in [3.8, 4) is 0 Å². The van der Waals surface area contributed by atoms with Crippen LogP contribution in [0.3, 0.4) is 0 Å². The monoisotopic (exact) mass is 470 g/mol. The summed E-state index contributed by atoms with van der Waals surface area (Å²) in [6.07, 6.45) is 11.3. The Morgan fingerprint density at radius 3 is 2.43 bits per heavy atom. The van der Waals surface area contributed by atoms with E-state index in [0.29, 0.717) is 18.8 Å². The van der Waals surface area contributed by atoms with Crippen LogP contribution in [0.5, 0.6) is 0 Å². The molecule has 0 bridgehead atoms. The molecule has 0 aliphatic heterocycles. The number of esters is 1. The number of carbonyl (C=O) groups is 1. The molecule has 35 heavy (non-hydrogen) atoms. The number of hydrogen-bond donors (Lipinski definition) is 2. The molecule has 2 aromatic heterocycles. The number of pyridine rings is 1. The number of H-pyrrole nitrogens is 1. The van der Waals surface area contributed by atoms with Crippen LogP contribution in [0.2, 0.25) is 0 Å². The summed E-state index contributed by atoms with van der Waals surface area (Å²) in [7, 11) is 1.42. The fourth-order valence-corrected chi connectivity index (χ4v) is 5.14. The molecule has 0 amide bonds. The second-order valence-electron chi connectivity index (χ2n) is 9.62. The highest BCUT2D eigenvalue weighted by atomic mass is 16.5. The van der Waals surface area contributed by atoms with Crippen molar-refractivity contribution >= 4 is 39.4 Å². The average molecular weight is 471 g/mol. The highest BCUT2D eigenvalue weighted by Gasteiger charge is 2.20. The normalized spacial score (nSPS) is 15.5. The lowest BCUT2D eigenvalue weighted by Crippen LogP contribution is -2.02. The molecular formula is C29H34N4O2. The molecule has 0 spiro atoms. The number of nitrogens with zero attached hydrogens (tertiary/aromatic N) is 2. The summed E-state index contributed by atoms with van der Waals surface area (Å²) in [6.45, 7) is 0. The Morgan fingerprint density at radius 1 is 0.971 bits per heavy atom. The number of carbonyl (C=O) groups excluding carboxylic acids is 1. The molecule has 0 radical (unpaired) electrons. The number of ether oxygens (including phenoxy) is 1. The van der Waals surface area contributed by atoms with Gasteiger partial charge in [-0.05, 0) is 43.0 Å². The summed E-state index contributed by atoms with van der Waals surface area (Å²) in [5, 5.41) is 4.60. The van der Waals surface area contributed by atoms with E-state index in [-0.39, 0.29) is 5.97 Å². The van der Waals surface area contributed by atoms with Crippen LogP contribution in [-0.4, -0.2) is 28.0 Å². The topological polar surface area (TPSA) is 79.9 Å². The van der Waals surface area contributed by atoms with Gasteiger partial charge < -0.3 is 15.0 Å². The maximum absolute atomic E-state index is 11.4. The van der Waals surface area contributed by atoms with E-state index in [2.05, 4.69) is 22.4 Å². The van der Waals surface area contributed by atoms with E-state index in [9.17, 15) is 4.79 Å².